The molecular weight excluding hydrogens is 352 g/mol. The first kappa shape index (κ1) is 17.7. The Morgan fingerprint density at radius 2 is 1.85 bits per heavy atom. The van der Waals surface area contributed by atoms with Crippen molar-refractivity contribution in [1.29, 1.82) is 0 Å². The van der Waals surface area contributed by atoms with E-state index >= 15 is 0 Å². The van der Waals surface area contributed by atoms with Crippen molar-refractivity contribution in [3.8, 4) is 5.69 Å². The minimum absolute atomic E-state index is 0.344. The summed E-state index contributed by atoms with van der Waals surface area (Å²) in [4.78, 5) is 12.6. The summed E-state index contributed by atoms with van der Waals surface area (Å²) in [7, 11) is -3.43. The van der Waals surface area contributed by atoms with E-state index in [1.807, 2.05) is 18.2 Å². The van der Waals surface area contributed by atoms with Crippen LogP contribution in [0.1, 0.15) is 15.9 Å². The van der Waals surface area contributed by atoms with Crippen LogP contribution in [0.5, 0.6) is 0 Å². The Labute approximate surface area is 151 Å². The predicted octanol–water partition coefficient (Wildman–Crippen LogP) is 2.80. The molecule has 8 heteroatoms. The molecule has 2 aromatic carbocycles. The molecule has 1 aromatic heterocycles. The molecule has 0 saturated heterocycles. The second kappa shape index (κ2) is 7.01. The zero-order chi connectivity index (χ0) is 18.7. The third-order valence-corrected chi connectivity index (χ3v) is 4.29. The van der Waals surface area contributed by atoms with Gasteiger partial charge in [-0.05, 0) is 42.8 Å². The maximum atomic E-state index is 12.6. The largest absolute Gasteiger partial charge is 0.320 e. The van der Waals surface area contributed by atoms with Crippen LogP contribution in [0, 0.1) is 6.92 Å². The van der Waals surface area contributed by atoms with Gasteiger partial charge in [0, 0.05) is 18.0 Å². The molecule has 3 rings (SSSR count). The average Bonchev–Trinajstić information content (AvgIpc) is 3.10. The smallest absolute Gasteiger partial charge is 0.255 e. The summed E-state index contributed by atoms with van der Waals surface area (Å²) in [6.07, 6.45) is 4.51. The quantitative estimate of drug-likeness (QED) is 0.722. The van der Waals surface area contributed by atoms with Crippen LogP contribution in [0.4, 0.5) is 11.4 Å². The highest BCUT2D eigenvalue weighted by Crippen LogP contribution is 2.22. The number of benzene rings is 2. The van der Waals surface area contributed by atoms with E-state index in [9.17, 15) is 13.2 Å². The van der Waals surface area contributed by atoms with Crippen LogP contribution in [0.25, 0.3) is 5.69 Å². The number of para-hydroxylation sites is 2. The van der Waals surface area contributed by atoms with Crippen molar-refractivity contribution in [1.82, 2.24) is 9.78 Å². The molecule has 1 heterocycles. The zero-order valence-corrected chi connectivity index (χ0v) is 15.1. The molecule has 0 aliphatic rings. The number of aryl methyl sites for hydroxylation is 1. The number of carbonyl (C=O) groups is 1. The zero-order valence-electron chi connectivity index (χ0n) is 14.3. The van der Waals surface area contributed by atoms with Crippen molar-refractivity contribution in [2.24, 2.45) is 0 Å². The molecule has 26 heavy (non-hydrogen) atoms. The van der Waals surface area contributed by atoms with Crippen molar-refractivity contribution >= 4 is 27.3 Å². The fraction of sp³-hybridized carbons (Fsp3) is 0.111. The molecular formula is C18H18N4O3S. The second-order valence-corrected chi connectivity index (χ2v) is 7.57. The number of aromatic nitrogens is 2. The maximum Gasteiger partial charge on any atom is 0.255 e. The lowest BCUT2D eigenvalue weighted by Crippen LogP contribution is -2.16. The molecule has 0 atom stereocenters. The average molecular weight is 370 g/mol. The molecule has 0 fully saturated rings. The number of hydrogen-bond acceptors (Lipinski definition) is 4. The van der Waals surface area contributed by atoms with Crippen LogP contribution in [0.3, 0.4) is 0 Å². The molecule has 7 nitrogen and oxygen atoms in total. The lowest BCUT2D eigenvalue weighted by Gasteiger charge is -2.13. The summed E-state index contributed by atoms with van der Waals surface area (Å²) in [6.45, 7) is 1.77. The molecule has 0 bridgehead atoms. The molecule has 0 radical (unpaired) electrons. The van der Waals surface area contributed by atoms with Crippen LogP contribution in [0.15, 0.2) is 60.9 Å². The highest BCUT2D eigenvalue weighted by molar-refractivity contribution is 7.92. The van der Waals surface area contributed by atoms with Crippen LogP contribution < -0.4 is 10.0 Å². The summed E-state index contributed by atoms with van der Waals surface area (Å²) in [5, 5.41) is 7.03. The van der Waals surface area contributed by atoms with Crippen molar-refractivity contribution < 1.29 is 13.2 Å². The van der Waals surface area contributed by atoms with Gasteiger partial charge in [-0.1, -0.05) is 18.2 Å². The molecule has 2 N–H and O–H groups in total. The third kappa shape index (κ3) is 4.09. The monoisotopic (exact) mass is 370 g/mol. The van der Waals surface area contributed by atoms with Gasteiger partial charge in [0.15, 0.2) is 0 Å². The highest BCUT2D eigenvalue weighted by Gasteiger charge is 2.13. The Kier molecular flexibility index (Phi) is 4.77. The van der Waals surface area contributed by atoms with Gasteiger partial charge in [0.2, 0.25) is 10.0 Å². The Morgan fingerprint density at radius 3 is 2.54 bits per heavy atom. The number of hydrogen-bond donors (Lipinski definition) is 2. The lowest BCUT2D eigenvalue weighted by molar-refractivity contribution is 0.102. The lowest BCUT2D eigenvalue weighted by atomic mass is 10.1. The molecule has 0 unspecified atom stereocenters. The minimum Gasteiger partial charge on any atom is -0.320 e. The standard InChI is InChI=1S/C18H18N4O3S/c1-13-8-9-14(12-16(13)21-26(2,24)25)18(23)20-15-6-3-4-7-17(15)22-11-5-10-19-22/h3-12,21H,1-2H3,(H,20,23). The Hall–Kier alpha value is -3.13. The first-order valence-corrected chi connectivity index (χ1v) is 9.71. The summed E-state index contributed by atoms with van der Waals surface area (Å²) < 4.78 is 27.0. The predicted molar refractivity (Wildman–Crippen MR) is 101 cm³/mol. The fourth-order valence-electron chi connectivity index (χ4n) is 2.46. The first-order valence-electron chi connectivity index (χ1n) is 7.82. The van der Waals surface area contributed by atoms with Crippen LogP contribution in [0.2, 0.25) is 0 Å². The van der Waals surface area contributed by atoms with E-state index in [2.05, 4.69) is 15.1 Å². The summed E-state index contributed by atoms with van der Waals surface area (Å²) in [5.74, 6) is -0.346. The van der Waals surface area contributed by atoms with E-state index in [-0.39, 0.29) is 5.91 Å². The van der Waals surface area contributed by atoms with Gasteiger partial charge in [-0.3, -0.25) is 9.52 Å². The molecule has 3 aromatic rings. The van der Waals surface area contributed by atoms with E-state index in [1.54, 1.807) is 48.3 Å². The Bertz CT molecular complexity index is 1040. The number of nitrogens with one attached hydrogen (secondary N) is 2. The van der Waals surface area contributed by atoms with Gasteiger partial charge >= 0.3 is 0 Å². The van der Waals surface area contributed by atoms with Gasteiger partial charge in [0.05, 0.1) is 23.3 Å². The second-order valence-electron chi connectivity index (χ2n) is 5.83. The molecule has 0 aliphatic carbocycles. The van der Waals surface area contributed by atoms with Gasteiger partial charge in [-0.15, -0.1) is 0 Å². The fourth-order valence-corrected chi connectivity index (χ4v) is 3.08. The van der Waals surface area contributed by atoms with Crippen LogP contribution in [-0.2, 0) is 10.0 Å². The molecule has 134 valence electrons. The van der Waals surface area contributed by atoms with Crippen molar-refractivity contribution in [3.63, 3.8) is 0 Å². The Balaban J connectivity index is 1.89. The van der Waals surface area contributed by atoms with Crippen LogP contribution >= 0.6 is 0 Å². The molecule has 0 spiro atoms. The number of carbonyl (C=O) groups excluding carboxylic acids is 1. The van der Waals surface area contributed by atoms with Crippen molar-refractivity contribution in [2.45, 2.75) is 6.92 Å². The van der Waals surface area contributed by atoms with E-state index < -0.39 is 10.0 Å². The van der Waals surface area contributed by atoms with Gasteiger partial charge in [0.1, 0.15) is 0 Å². The summed E-state index contributed by atoms with van der Waals surface area (Å²) >= 11 is 0. The molecule has 0 aliphatic heterocycles. The number of sulfonamides is 1. The van der Waals surface area contributed by atoms with Gasteiger partial charge < -0.3 is 5.32 Å². The normalized spacial score (nSPS) is 11.2. The Morgan fingerprint density at radius 1 is 1.08 bits per heavy atom. The molecule has 1 amide bonds. The number of amides is 1. The van der Waals surface area contributed by atoms with E-state index in [0.29, 0.717) is 16.9 Å². The number of nitrogens with zero attached hydrogens (tertiary/aromatic N) is 2. The highest BCUT2D eigenvalue weighted by atomic mass is 32.2. The maximum absolute atomic E-state index is 12.6. The topological polar surface area (TPSA) is 93.1 Å². The van der Waals surface area contributed by atoms with Gasteiger partial charge in [0.25, 0.3) is 5.91 Å². The number of rotatable bonds is 5. The van der Waals surface area contributed by atoms with E-state index in [4.69, 9.17) is 0 Å². The van der Waals surface area contributed by atoms with Gasteiger partial charge in [-0.2, -0.15) is 5.10 Å². The SMILES string of the molecule is Cc1ccc(C(=O)Nc2ccccc2-n2cccn2)cc1NS(C)(=O)=O. The summed E-state index contributed by atoms with van der Waals surface area (Å²) in [5.41, 5.74) is 2.77. The van der Waals surface area contributed by atoms with Gasteiger partial charge in [-0.25, -0.2) is 13.1 Å². The van der Waals surface area contributed by atoms with Crippen molar-refractivity contribution in [2.75, 3.05) is 16.3 Å². The van der Waals surface area contributed by atoms with Crippen LogP contribution in [-0.4, -0.2) is 30.4 Å². The van der Waals surface area contributed by atoms with E-state index in [0.717, 1.165) is 17.5 Å². The van der Waals surface area contributed by atoms with E-state index in [1.165, 1.54) is 6.07 Å². The number of anilines is 2. The first-order chi connectivity index (χ1) is 12.3. The molecule has 0 saturated carbocycles. The summed E-state index contributed by atoms with van der Waals surface area (Å²) in [6, 6.07) is 13.9. The third-order valence-electron chi connectivity index (χ3n) is 3.70. The van der Waals surface area contributed by atoms with Crippen molar-refractivity contribution in [3.05, 3.63) is 72.1 Å². The minimum atomic E-state index is -3.43.